The van der Waals surface area contributed by atoms with Crippen LogP contribution in [0.1, 0.15) is 10.4 Å². The lowest BCUT2D eigenvalue weighted by Crippen LogP contribution is -2.31. The summed E-state index contributed by atoms with van der Waals surface area (Å²) in [6, 6.07) is 3.43. The van der Waals surface area contributed by atoms with Crippen LogP contribution in [-0.4, -0.2) is 40.7 Å². The zero-order valence-electron chi connectivity index (χ0n) is 9.88. The van der Waals surface area contributed by atoms with Gasteiger partial charge in [-0.25, -0.2) is 9.59 Å². The molecule has 6 heteroatoms. The van der Waals surface area contributed by atoms with Crippen LogP contribution < -0.4 is 5.32 Å². The van der Waals surface area contributed by atoms with Crippen LogP contribution >= 0.6 is 0 Å². The predicted octanol–water partition coefficient (Wildman–Crippen LogP) is 1.74. The molecule has 1 aromatic rings. The number of rotatable bonds is 4. The predicted molar refractivity (Wildman–Crippen MR) is 66.9 cm³/mol. The Balaban J connectivity index is 2.80. The number of amides is 2. The number of hydrogen-bond donors (Lipinski definition) is 3. The lowest BCUT2D eigenvalue weighted by Gasteiger charge is -2.16. The SMILES string of the molecule is C=CCN(C)C(=O)Nc1ccc(C(=O)O)c(O)c1. The number of nitrogens with zero attached hydrogens (tertiary/aromatic N) is 1. The van der Waals surface area contributed by atoms with E-state index in [0.29, 0.717) is 12.2 Å². The highest BCUT2D eigenvalue weighted by molar-refractivity contribution is 5.93. The number of benzene rings is 1. The minimum Gasteiger partial charge on any atom is -0.507 e. The Morgan fingerprint density at radius 3 is 2.67 bits per heavy atom. The largest absolute Gasteiger partial charge is 0.507 e. The molecule has 0 heterocycles. The van der Waals surface area contributed by atoms with Crippen molar-refractivity contribution in [3.05, 3.63) is 36.4 Å². The van der Waals surface area contributed by atoms with E-state index in [1.807, 2.05) is 0 Å². The van der Waals surface area contributed by atoms with Crippen molar-refractivity contribution >= 4 is 17.7 Å². The summed E-state index contributed by atoms with van der Waals surface area (Å²) in [7, 11) is 1.59. The summed E-state index contributed by atoms with van der Waals surface area (Å²) < 4.78 is 0. The Morgan fingerprint density at radius 1 is 1.50 bits per heavy atom. The number of carbonyl (C=O) groups excluding carboxylic acids is 1. The monoisotopic (exact) mass is 250 g/mol. The van der Waals surface area contributed by atoms with Crippen LogP contribution in [0.5, 0.6) is 5.75 Å². The van der Waals surface area contributed by atoms with Gasteiger partial charge in [-0.05, 0) is 12.1 Å². The topological polar surface area (TPSA) is 89.9 Å². The molecule has 2 amide bonds. The van der Waals surface area contributed by atoms with Gasteiger partial charge in [0, 0.05) is 25.3 Å². The van der Waals surface area contributed by atoms with Gasteiger partial charge in [-0.15, -0.1) is 6.58 Å². The van der Waals surface area contributed by atoms with Crippen molar-refractivity contribution in [1.82, 2.24) is 4.90 Å². The van der Waals surface area contributed by atoms with Crippen molar-refractivity contribution in [2.45, 2.75) is 0 Å². The van der Waals surface area contributed by atoms with Gasteiger partial charge in [0.25, 0.3) is 0 Å². The van der Waals surface area contributed by atoms with E-state index in [9.17, 15) is 14.7 Å². The summed E-state index contributed by atoms with van der Waals surface area (Å²) in [6.07, 6.45) is 1.57. The van der Waals surface area contributed by atoms with Crippen LogP contribution in [0.2, 0.25) is 0 Å². The number of nitrogens with one attached hydrogen (secondary N) is 1. The first-order chi connectivity index (χ1) is 8.45. The molecular weight excluding hydrogens is 236 g/mol. The molecule has 18 heavy (non-hydrogen) atoms. The summed E-state index contributed by atoms with van der Waals surface area (Å²) in [6.45, 7) is 3.89. The zero-order valence-corrected chi connectivity index (χ0v) is 9.88. The van der Waals surface area contributed by atoms with E-state index in [1.165, 1.54) is 23.1 Å². The number of anilines is 1. The summed E-state index contributed by atoms with van der Waals surface area (Å²) in [4.78, 5) is 23.7. The Hall–Kier alpha value is -2.50. The van der Waals surface area contributed by atoms with Crippen molar-refractivity contribution in [2.75, 3.05) is 18.9 Å². The molecule has 0 saturated carbocycles. The van der Waals surface area contributed by atoms with Crippen LogP contribution in [0.3, 0.4) is 0 Å². The van der Waals surface area contributed by atoms with Gasteiger partial charge >= 0.3 is 12.0 Å². The molecule has 0 spiro atoms. The van der Waals surface area contributed by atoms with Gasteiger partial charge < -0.3 is 20.4 Å². The molecular formula is C12H14N2O4. The lowest BCUT2D eigenvalue weighted by molar-refractivity contribution is 0.0694. The van der Waals surface area contributed by atoms with Gasteiger partial charge in [0.15, 0.2) is 0 Å². The van der Waals surface area contributed by atoms with E-state index >= 15 is 0 Å². The van der Waals surface area contributed by atoms with Crippen molar-refractivity contribution in [1.29, 1.82) is 0 Å². The molecule has 0 aromatic heterocycles. The van der Waals surface area contributed by atoms with Gasteiger partial charge in [0.1, 0.15) is 11.3 Å². The third-order valence-corrected chi connectivity index (χ3v) is 2.23. The first kappa shape index (κ1) is 13.6. The number of aromatic hydroxyl groups is 1. The molecule has 1 aromatic carbocycles. The highest BCUT2D eigenvalue weighted by Gasteiger charge is 2.12. The summed E-state index contributed by atoms with van der Waals surface area (Å²) in [5, 5.41) is 20.7. The smallest absolute Gasteiger partial charge is 0.339 e. The second kappa shape index (κ2) is 5.72. The maximum atomic E-state index is 11.6. The first-order valence-electron chi connectivity index (χ1n) is 5.15. The Morgan fingerprint density at radius 2 is 2.17 bits per heavy atom. The van der Waals surface area contributed by atoms with E-state index in [-0.39, 0.29) is 11.6 Å². The molecule has 6 nitrogen and oxygen atoms in total. The molecule has 0 bridgehead atoms. The van der Waals surface area contributed by atoms with Crippen LogP contribution in [0.4, 0.5) is 10.5 Å². The molecule has 0 fully saturated rings. The Labute approximate surface area is 104 Å². The zero-order chi connectivity index (χ0) is 13.7. The maximum absolute atomic E-state index is 11.6. The third-order valence-electron chi connectivity index (χ3n) is 2.23. The van der Waals surface area contributed by atoms with E-state index in [2.05, 4.69) is 11.9 Å². The number of urea groups is 1. The van der Waals surface area contributed by atoms with Crippen molar-refractivity contribution in [3.63, 3.8) is 0 Å². The molecule has 3 N–H and O–H groups in total. The molecule has 0 unspecified atom stereocenters. The number of carbonyl (C=O) groups is 2. The van der Waals surface area contributed by atoms with Crippen LogP contribution in [0, 0.1) is 0 Å². The Bertz CT molecular complexity index is 485. The summed E-state index contributed by atoms with van der Waals surface area (Å²) in [5.74, 6) is -1.62. The number of likely N-dealkylation sites (N-methyl/N-ethyl adjacent to an activating group) is 1. The highest BCUT2D eigenvalue weighted by Crippen LogP contribution is 2.22. The molecule has 0 atom stereocenters. The summed E-state index contributed by atoms with van der Waals surface area (Å²) >= 11 is 0. The maximum Gasteiger partial charge on any atom is 0.339 e. The molecule has 0 aliphatic carbocycles. The second-order valence-corrected chi connectivity index (χ2v) is 3.64. The van der Waals surface area contributed by atoms with Crippen LogP contribution in [0.25, 0.3) is 0 Å². The number of hydrogen-bond acceptors (Lipinski definition) is 3. The first-order valence-corrected chi connectivity index (χ1v) is 5.15. The second-order valence-electron chi connectivity index (χ2n) is 3.64. The lowest BCUT2D eigenvalue weighted by atomic mass is 10.2. The fraction of sp³-hybridized carbons (Fsp3) is 0.167. The average molecular weight is 250 g/mol. The van der Waals surface area contributed by atoms with Gasteiger partial charge in [-0.3, -0.25) is 0 Å². The standard InChI is InChI=1S/C12H14N2O4/c1-3-6-14(2)12(18)13-8-4-5-9(11(16)17)10(15)7-8/h3-5,7,15H,1,6H2,2H3,(H,13,18)(H,16,17). The minimum atomic E-state index is -1.23. The molecule has 96 valence electrons. The highest BCUT2D eigenvalue weighted by atomic mass is 16.4. The quantitative estimate of drug-likeness (QED) is 0.710. The van der Waals surface area contributed by atoms with Crippen molar-refractivity contribution in [2.24, 2.45) is 0 Å². The Kier molecular flexibility index (Phi) is 4.31. The van der Waals surface area contributed by atoms with E-state index in [1.54, 1.807) is 13.1 Å². The van der Waals surface area contributed by atoms with E-state index in [0.717, 1.165) is 0 Å². The summed E-state index contributed by atoms with van der Waals surface area (Å²) in [5.41, 5.74) is 0.103. The minimum absolute atomic E-state index is 0.215. The molecule has 1 rings (SSSR count). The molecule has 0 radical (unpaired) electrons. The van der Waals surface area contributed by atoms with Crippen molar-refractivity contribution in [3.8, 4) is 5.75 Å². The van der Waals surface area contributed by atoms with E-state index in [4.69, 9.17) is 5.11 Å². The fourth-order valence-electron chi connectivity index (χ4n) is 1.29. The molecule has 0 saturated heterocycles. The van der Waals surface area contributed by atoms with Crippen molar-refractivity contribution < 1.29 is 19.8 Å². The van der Waals surface area contributed by atoms with Crippen LogP contribution in [0.15, 0.2) is 30.9 Å². The number of aromatic carboxylic acids is 1. The van der Waals surface area contributed by atoms with Gasteiger partial charge in [-0.1, -0.05) is 6.08 Å². The number of carboxylic acid groups (broad SMARTS) is 1. The molecule has 0 aliphatic heterocycles. The fourth-order valence-corrected chi connectivity index (χ4v) is 1.29. The average Bonchev–Trinajstić information content (AvgIpc) is 2.28. The normalized spacial score (nSPS) is 9.61. The van der Waals surface area contributed by atoms with Gasteiger partial charge in [0.05, 0.1) is 0 Å². The van der Waals surface area contributed by atoms with Gasteiger partial charge in [-0.2, -0.15) is 0 Å². The van der Waals surface area contributed by atoms with Crippen LogP contribution in [-0.2, 0) is 0 Å². The molecule has 0 aliphatic rings. The number of carboxylic acids is 1. The number of phenols is 1. The van der Waals surface area contributed by atoms with E-state index < -0.39 is 11.7 Å². The third kappa shape index (κ3) is 3.24. The van der Waals surface area contributed by atoms with Gasteiger partial charge in [0.2, 0.25) is 0 Å².